The molecule has 0 aliphatic rings. The Kier molecular flexibility index (Phi) is 6.44. The Morgan fingerprint density at radius 3 is 2.61 bits per heavy atom. The molecule has 2 aromatic carbocycles. The maximum atomic E-state index is 10.8. The lowest BCUT2D eigenvalue weighted by Gasteiger charge is -2.11. The van der Waals surface area contributed by atoms with Gasteiger partial charge in [-0.3, -0.25) is 0 Å². The molecule has 0 aliphatic heterocycles. The Balaban J connectivity index is 1.59. The Hall–Kier alpha value is -2.70. The van der Waals surface area contributed by atoms with Gasteiger partial charge in [-0.25, -0.2) is 9.78 Å². The van der Waals surface area contributed by atoms with E-state index < -0.39 is 12.1 Å². The molecule has 3 aromatic rings. The highest BCUT2D eigenvalue weighted by Gasteiger charge is 2.15. The zero-order valence-electron chi connectivity index (χ0n) is 15.9. The average molecular weight is 397 g/mol. The van der Waals surface area contributed by atoms with E-state index in [4.69, 9.17) is 9.84 Å². The molecular formula is C22H23NO4S. The van der Waals surface area contributed by atoms with Crippen LogP contribution in [0.1, 0.15) is 21.7 Å². The lowest BCUT2D eigenvalue weighted by atomic mass is 10.0. The van der Waals surface area contributed by atoms with E-state index in [2.05, 4.69) is 17.1 Å². The van der Waals surface area contributed by atoms with Crippen molar-refractivity contribution in [3.63, 3.8) is 0 Å². The molecule has 1 aromatic heterocycles. The summed E-state index contributed by atoms with van der Waals surface area (Å²) in [5.74, 6) is -0.481. The number of carboxylic acids is 1. The normalized spacial score (nSPS) is 12.0. The third-order valence-electron chi connectivity index (χ3n) is 4.52. The number of ether oxygens (including phenoxy) is 1. The molecule has 6 heteroatoms. The summed E-state index contributed by atoms with van der Waals surface area (Å²) in [6.45, 7) is 4.44. The van der Waals surface area contributed by atoms with Gasteiger partial charge < -0.3 is 14.9 Å². The number of aliphatic hydroxyl groups excluding tert-OH is 1. The van der Waals surface area contributed by atoms with Gasteiger partial charge >= 0.3 is 5.97 Å². The van der Waals surface area contributed by atoms with Crippen molar-refractivity contribution >= 4 is 17.3 Å². The first-order chi connectivity index (χ1) is 13.4. The number of aliphatic carboxylic acids is 1. The van der Waals surface area contributed by atoms with Crippen molar-refractivity contribution in [2.75, 3.05) is 6.61 Å². The molecule has 5 nitrogen and oxygen atoms in total. The van der Waals surface area contributed by atoms with Crippen LogP contribution in [0.3, 0.4) is 0 Å². The lowest BCUT2D eigenvalue weighted by molar-refractivity contribution is -0.146. The van der Waals surface area contributed by atoms with Gasteiger partial charge in [-0.15, -0.1) is 11.3 Å². The summed E-state index contributed by atoms with van der Waals surface area (Å²) in [6, 6.07) is 15.6. The van der Waals surface area contributed by atoms with Crippen LogP contribution in [0, 0.1) is 13.8 Å². The van der Waals surface area contributed by atoms with Crippen LogP contribution in [0.4, 0.5) is 0 Å². The summed E-state index contributed by atoms with van der Waals surface area (Å²) in [4.78, 5) is 16.7. The molecule has 0 fully saturated rings. The van der Waals surface area contributed by atoms with E-state index in [1.54, 1.807) is 11.3 Å². The van der Waals surface area contributed by atoms with Crippen LogP contribution in [-0.2, 0) is 17.6 Å². The second-order valence-electron chi connectivity index (χ2n) is 6.64. The van der Waals surface area contributed by atoms with Crippen molar-refractivity contribution in [3.8, 4) is 16.3 Å². The lowest BCUT2D eigenvalue weighted by Crippen LogP contribution is -2.22. The van der Waals surface area contributed by atoms with E-state index in [0.717, 1.165) is 39.6 Å². The summed E-state index contributed by atoms with van der Waals surface area (Å²) in [6.07, 6.45) is -0.530. The minimum Gasteiger partial charge on any atom is -0.493 e. The molecule has 1 atom stereocenters. The maximum absolute atomic E-state index is 10.8. The second kappa shape index (κ2) is 8.99. The van der Waals surface area contributed by atoms with Gasteiger partial charge in [0.15, 0.2) is 6.10 Å². The van der Waals surface area contributed by atoms with Crippen LogP contribution < -0.4 is 4.74 Å². The van der Waals surface area contributed by atoms with E-state index >= 15 is 0 Å². The highest BCUT2D eigenvalue weighted by atomic mass is 32.1. The molecule has 0 amide bonds. The maximum Gasteiger partial charge on any atom is 0.332 e. The monoisotopic (exact) mass is 397 g/mol. The number of nitrogens with zero attached hydrogens (tertiary/aromatic N) is 1. The highest BCUT2D eigenvalue weighted by Crippen LogP contribution is 2.28. The number of carbonyl (C=O) groups is 1. The minimum absolute atomic E-state index is 0.0871. The van der Waals surface area contributed by atoms with Crippen molar-refractivity contribution in [3.05, 3.63) is 70.2 Å². The van der Waals surface area contributed by atoms with Gasteiger partial charge in [-0.1, -0.05) is 36.4 Å². The summed E-state index contributed by atoms with van der Waals surface area (Å²) < 4.78 is 5.87. The summed E-state index contributed by atoms with van der Waals surface area (Å²) in [7, 11) is 0. The Bertz CT molecular complexity index is 952. The number of hydrogen-bond donors (Lipinski definition) is 2. The van der Waals surface area contributed by atoms with Gasteiger partial charge in [0, 0.05) is 23.3 Å². The van der Waals surface area contributed by atoms with Crippen molar-refractivity contribution in [1.82, 2.24) is 4.98 Å². The standard InChI is InChI=1S/C22H23NO4S/c1-14-12-18(9-8-17(14)13-19(24)22(25)26)27-11-10-20-15(2)23-21(28-20)16-6-4-3-5-7-16/h3-9,12,19,24H,10-11,13H2,1-2H3,(H,25,26). The Morgan fingerprint density at radius 1 is 1.18 bits per heavy atom. The fourth-order valence-electron chi connectivity index (χ4n) is 2.91. The third kappa shape index (κ3) is 4.97. The third-order valence-corrected chi connectivity index (χ3v) is 5.79. The molecule has 3 rings (SSSR count). The number of benzene rings is 2. The van der Waals surface area contributed by atoms with Crippen LogP contribution in [0.15, 0.2) is 48.5 Å². The molecule has 0 spiro atoms. The van der Waals surface area contributed by atoms with Gasteiger partial charge in [-0.2, -0.15) is 0 Å². The number of aliphatic hydroxyl groups is 1. The van der Waals surface area contributed by atoms with Gasteiger partial charge in [0.1, 0.15) is 10.8 Å². The first-order valence-electron chi connectivity index (χ1n) is 9.09. The number of aromatic nitrogens is 1. The van der Waals surface area contributed by atoms with E-state index in [9.17, 15) is 9.90 Å². The molecule has 0 aliphatic carbocycles. The number of rotatable bonds is 8. The van der Waals surface area contributed by atoms with Crippen LogP contribution >= 0.6 is 11.3 Å². The second-order valence-corrected chi connectivity index (χ2v) is 7.72. The number of hydrogen-bond acceptors (Lipinski definition) is 5. The fourth-order valence-corrected chi connectivity index (χ4v) is 3.96. The Morgan fingerprint density at radius 2 is 1.93 bits per heavy atom. The highest BCUT2D eigenvalue weighted by molar-refractivity contribution is 7.15. The van der Waals surface area contributed by atoms with Crippen molar-refractivity contribution in [2.24, 2.45) is 0 Å². The van der Waals surface area contributed by atoms with Gasteiger partial charge in [0.05, 0.1) is 12.3 Å². The van der Waals surface area contributed by atoms with E-state index in [1.807, 2.05) is 50.2 Å². The first-order valence-corrected chi connectivity index (χ1v) is 9.90. The molecule has 1 heterocycles. The molecule has 0 radical (unpaired) electrons. The quantitative estimate of drug-likeness (QED) is 0.600. The predicted molar refractivity (Wildman–Crippen MR) is 110 cm³/mol. The van der Waals surface area contributed by atoms with Gasteiger partial charge in [0.25, 0.3) is 0 Å². The SMILES string of the molecule is Cc1cc(OCCc2sc(-c3ccccc3)nc2C)ccc1CC(O)C(=O)O. The fraction of sp³-hybridized carbons (Fsp3) is 0.273. The van der Waals surface area contributed by atoms with E-state index in [0.29, 0.717) is 6.61 Å². The summed E-state index contributed by atoms with van der Waals surface area (Å²) in [5, 5.41) is 19.4. The van der Waals surface area contributed by atoms with Crippen molar-refractivity contribution in [2.45, 2.75) is 32.8 Å². The Labute approximate surface area is 168 Å². The molecular weight excluding hydrogens is 374 g/mol. The van der Waals surface area contributed by atoms with Crippen molar-refractivity contribution in [1.29, 1.82) is 0 Å². The zero-order valence-corrected chi connectivity index (χ0v) is 16.7. The molecule has 28 heavy (non-hydrogen) atoms. The molecule has 0 saturated carbocycles. The largest absolute Gasteiger partial charge is 0.493 e. The van der Waals surface area contributed by atoms with Crippen molar-refractivity contribution < 1.29 is 19.7 Å². The van der Waals surface area contributed by atoms with Gasteiger partial charge in [-0.05, 0) is 37.1 Å². The first kappa shape index (κ1) is 20.0. The summed E-state index contributed by atoms with van der Waals surface area (Å²) >= 11 is 1.69. The number of carboxylic acid groups (broad SMARTS) is 1. The molecule has 0 bridgehead atoms. The van der Waals surface area contributed by atoms with Crippen LogP contribution in [0.2, 0.25) is 0 Å². The van der Waals surface area contributed by atoms with Crippen LogP contribution in [0.5, 0.6) is 5.75 Å². The molecule has 1 unspecified atom stereocenters. The predicted octanol–water partition coefficient (Wildman–Crippen LogP) is 4.04. The smallest absolute Gasteiger partial charge is 0.332 e. The summed E-state index contributed by atoms with van der Waals surface area (Å²) in [5.41, 5.74) is 3.85. The van der Waals surface area contributed by atoms with E-state index in [1.165, 1.54) is 4.88 Å². The topological polar surface area (TPSA) is 79.7 Å². The minimum atomic E-state index is -1.39. The van der Waals surface area contributed by atoms with Gasteiger partial charge in [0.2, 0.25) is 0 Å². The molecule has 146 valence electrons. The molecule has 0 saturated heterocycles. The average Bonchev–Trinajstić information content (AvgIpc) is 3.05. The van der Waals surface area contributed by atoms with Crippen LogP contribution in [0.25, 0.3) is 10.6 Å². The van der Waals surface area contributed by atoms with Crippen LogP contribution in [-0.4, -0.2) is 33.9 Å². The molecule has 2 N–H and O–H groups in total. The zero-order chi connectivity index (χ0) is 20.1. The van der Waals surface area contributed by atoms with E-state index in [-0.39, 0.29) is 6.42 Å². The number of thiazole rings is 1. The number of aryl methyl sites for hydroxylation is 2.